The molecule has 0 fully saturated rings. The van der Waals surface area contributed by atoms with Crippen LogP contribution in [0.4, 0.5) is 4.39 Å². The van der Waals surface area contributed by atoms with Crippen molar-refractivity contribution < 1.29 is 14.2 Å². The number of ether oxygens (including phenoxy) is 1. The Kier molecular flexibility index (Phi) is 3.33. The lowest BCUT2D eigenvalue weighted by atomic mass is 10.1. The average molecular weight is 237 g/mol. The first-order valence-corrected chi connectivity index (χ1v) is 5.67. The molecule has 0 aliphatic heterocycles. The summed E-state index contributed by atoms with van der Waals surface area (Å²) in [5.41, 5.74) is 1.80. The number of benzene rings is 1. The quantitative estimate of drug-likeness (QED) is 0.885. The van der Waals surface area contributed by atoms with Crippen LogP contribution in [0.1, 0.15) is 12.5 Å². The van der Waals surface area contributed by atoms with E-state index in [1.54, 1.807) is 0 Å². The molecular weight excluding hydrogens is 221 g/mol. The number of aromatic nitrogens is 1. The normalized spacial score (nSPS) is 11.1. The standard InChI is InChI=1S/C13H16FNO2/c1-3-15-8-9(4-5-16)13-11(15)6-10(14)7-12(13)17-2/h6-8,16H,3-5H2,1-2H3. The van der Waals surface area contributed by atoms with Gasteiger partial charge in [-0.3, -0.25) is 0 Å². The Hall–Kier alpha value is -1.55. The minimum Gasteiger partial charge on any atom is -0.496 e. The van der Waals surface area contributed by atoms with Crippen molar-refractivity contribution in [3.63, 3.8) is 0 Å². The first-order chi connectivity index (χ1) is 8.21. The Morgan fingerprint density at radius 3 is 2.76 bits per heavy atom. The summed E-state index contributed by atoms with van der Waals surface area (Å²) < 4.78 is 20.6. The molecule has 0 aliphatic carbocycles. The van der Waals surface area contributed by atoms with Gasteiger partial charge in [-0.1, -0.05) is 0 Å². The molecule has 2 aromatic rings. The summed E-state index contributed by atoms with van der Waals surface area (Å²) in [7, 11) is 1.53. The van der Waals surface area contributed by atoms with Crippen molar-refractivity contribution in [2.75, 3.05) is 13.7 Å². The number of halogens is 1. The highest BCUT2D eigenvalue weighted by atomic mass is 19.1. The third kappa shape index (κ3) is 2.00. The monoisotopic (exact) mass is 237 g/mol. The van der Waals surface area contributed by atoms with E-state index in [-0.39, 0.29) is 12.4 Å². The van der Waals surface area contributed by atoms with Crippen molar-refractivity contribution in [1.29, 1.82) is 0 Å². The number of methoxy groups -OCH3 is 1. The largest absolute Gasteiger partial charge is 0.496 e. The van der Waals surface area contributed by atoms with E-state index in [2.05, 4.69) is 0 Å². The van der Waals surface area contributed by atoms with Gasteiger partial charge in [0.25, 0.3) is 0 Å². The summed E-state index contributed by atoms with van der Waals surface area (Å²) in [6, 6.07) is 2.88. The van der Waals surface area contributed by atoms with Gasteiger partial charge in [-0.2, -0.15) is 0 Å². The molecule has 0 amide bonds. The maximum atomic E-state index is 13.5. The van der Waals surface area contributed by atoms with E-state index in [9.17, 15) is 4.39 Å². The zero-order valence-corrected chi connectivity index (χ0v) is 10.0. The lowest BCUT2D eigenvalue weighted by Gasteiger charge is -2.05. The summed E-state index contributed by atoms with van der Waals surface area (Å²) in [5, 5.41) is 9.95. The van der Waals surface area contributed by atoms with E-state index in [1.807, 2.05) is 17.7 Å². The molecule has 0 aliphatic rings. The molecule has 17 heavy (non-hydrogen) atoms. The lowest BCUT2D eigenvalue weighted by Crippen LogP contribution is -1.92. The van der Waals surface area contributed by atoms with Gasteiger partial charge in [-0.15, -0.1) is 0 Å². The van der Waals surface area contributed by atoms with Crippen LogP contribution in [0.2, 0.25) is 0 Å². The van der Waals surface area contributed by atoms with Crippen molar-refractivity contribution in [3.05, 3.63) is 29.7 Å². The molecule has 1 aromatic heterocycles. The second kappa shape index (κ2) is 4.75. The third-order valence-electron chi connectivity index (χ3n) is 2.93. The first kappa shape index (κ1) is 11.9. The number of hydrogen-bond donors (Lipinski definition) is 1. The van der Waals surface area contributed by atoms with Gasteiger partial charge < -0.3 is 14.4 Å². The molecule has 4 heteroatoms. The van der Waals surface area contributed by atoms with Crippen LogP contribution in [0.25, 0.3) is 10.9 Å². The van der Waals surface area contributed by atoms with Crippen LogP contribution in [0, 0.1) is 5.82 Å². The average Bonchev–Trinajstić information content (AvgIpc) is 2.67. The number of aliphatic hydroxyl groups is 1. The zero-order valence-electron chi connectivity index (χ0n) is 10.0. The van der Waals surface area contributed by atoms with E-state index in [0.717, 1.165) is 23.0 Å². The topological polar surface area (TPSA) is 34.4 Å². The fraction of sp³-hybridized carbons (Fsp3) is 0.385. The van der Waals surface area contributed by atoms with Gasteiger partial charge in [-0.25, -0.2) is 4.39 Å². The predicted octanol–water partition coefficient (Wildman–Crippen LogP) is 2.34. The molecule has 1 heterocycles. The Balaban J connectivity index is 2.75. The van der Waals surface area contributed by atoms with Gasteiger partial charge in [0.15, 0.2) is 0 Å². The van der Waals surface area contributed by atoms with Crippen LogP contribution in [0.5, 0.6) is 5.75 Å². The highest BCUT2D eigenvalue weighted by Crippen LogP contribution is 2.32. The second-order valence-corrected chi connectivity index (χ2v) is 3.92. The van der Waals surface area contributed by atoms with Crippen LogP contribution in [0.15, 0.2) is 18.3 Å². The summed E-state index contributed by atoms with van der Waals surface area (Å²) >= 11 is 0. The number of aliphatic hydroxyl groups excluding tert-OH is 1. The van der Waals surface area contributed by atoms with E-state index in [4.69, 9.17) is 9.84 Å². The van der Waals surface area contributed by atoms with Crippen LogP contribution in [-0.4, -0.2) is 23.4 Å². The molecule has 0 spiro atoms. The zero-order chi connectivity index (χ0) is 12.4. The maximum absolute atomic E-state index is 13.5. The predicted molar refractivity (Wildman–Crippen MR) is 64.9 cm³/mol. The summed E-state index contributed by atoms with van der Waals surface area (Å²) in [5.74, 6) is 0.216. The molecule has 1 aromatic carbocycles. The minimum absolute atomic E-state index is 0.0728. The van der Waals surface area contributed by atoms with Crippen molar-refractivity contribution in [3.8, 4) is 5.75 Å². The highest BCUT2D eigenvalue weighted by molar-refractivity contribution is 5.90. The van der Waals surface area contributed by atoms with Crippen molar-refractivity contribution in [2.24, 2.45) is 0 Å². The van der Waals surface area contributed by atoms with E-state index >= 15 is 0 Å². The number of rotatable bonds is 4. The lowest BCUT2D eigenvalue weighted by molar-refractivity contribution is 0.300. The molecule has 2 rings (SSSR count). The number of nitrogens with zero attached hydrogens (tertiary/aromatic N) is 1. The molecule has 92 valence electrons. The molecule has 0 bridgehead atoms. The summed E-state index contributed by atoms with van der Waals surface area (Å²) in [6.45, 7) is 2.83. The van der Waals surface area contributed by atoms with E-state index < -0.39 is 0 Å². The molecular formula is C13H16FNO2. The SMILES string of the molecule is CCn1cc(CCO)c2c(OC)cc(F)cc21. The minimum atomic E-state index is -0.308. The highest BCUT2D eigenvalue weighted by Gasteiger charge is 2.13. The molecule has 0 saturated heterocycles. The van der Waals surface area contributed by atoms with Crippen LogP contribution in [0.3, 0.4) is 0 Å². The van der Waals surface area contributed by atoms with Crippen LogP contribution < -0.4 is 4.74 Å². The van der Waals surface area contributed by atoms with Crippen molar-refractivity contribution in [2.45, 2.75) is 19.9 Å². The molecule has 0 saturated carbocycles. The fourth-order valence-electron chi connectivity index (χ4n) is 2.17. The Labute approximate surface area is 99.4 Å². The third-order valence-corrected chi connectivity index (χ3v) is 2.93. The van der Waals surface area contributed by atoms with Gasteiger partial charge in [-0.05, 0) is 25.0 Å². The maximum Gasteiger partial charge on any atom is 0.131 e. The van der Waals surface area contributed by atoms with Crippen molar-refractivity contribution in [1.82, 2.24) is 4.57 Å². The van der Waals surface area contributed by atoms with Crippen molar-refractivity contribution >= 4 is 10.9 Å². The Morgan fingerprint density at radius 2 is 2.18 bits per heavy atom. The molecule has 0 unspecified atom stereocenters. The molecule has 1 N–H and O–H groups in total. The van der Waals surface area contributed by atoms with Gasteiger partial charge in [0.05, 0.1) is 12.6 Å². The van der Waals surface area contributed by atoms with Gasteiger partial charge >= 0.3 is 0 Å². The van der Waals surface area contributed by atoms with Crippen LogP contribution in [-0.2, 0) is 13.0 Å². The van der Waals surface area contributed by atoms with Crippen LogP contribution >= 0.6 is 0 Å². The van der Waals surface area contributed by atoms with E-state index in [0.29, 0.717) is 12.2 Å². The Morgan fingerprint density at radius 1 is 1.41 bits per heavy atom. The first-order valence-electron chi connectivity index (χ1n) is 5.67. The number of hydrogen-bond acceptors (Lipinski definition) is 2. The smallest absolute Gasteiger partial charge is 0.131 e. The molecule has 3 nitrogen and oxygen atoms in total. The molecule has 0 atom stereocenters. The van der Waals surface area contributed by atoms with Gasteiger partial charge in [0.1, 0.15) is 11.6 Å². The second-order valence-electron chi connectivity index (χ2n) is 3.92. The number of fused-ring (bicyclic) bond motifs is 1. The molecule has 0 radical (unpaired) electrons. The fourth-order valence-corrected chi connectivity index (χ4v) is 2.17. The van der Waals surface area contributed by atoms with E-state index in [1.165, 1.54) is 19.2 Å². The summed E-state index contributed by atoms with van der Waals surface area (Å²) in [6.07, 6.45) is 2.49. The van der Waals surface area contributed by atoms with Gasteiger partial charge in [0.2, 0.25) is 0 Å². The number of aryl methyl sites for hydroxylation is 1. The summed E-state index contributed by atoms with van der Waals surface area (Å²) in [4.78, 5) is 0. The Bertz CT molecular complexity index is 534. The van der Waals surface area contributed by atoms with Gasteiger partial charge in [0, 0.05) is 30.8 Å².